The highest BCUT2D eigenvalue weighted by molar-refractivity contribution is 5.60. The summed E-state index contributed by atoms with van der Waals surface area (Å²) in [4.78, 5) is 10.8. The lowest BCUT2D eigenvalue weighted by Gasteiger charge is -2.29. The predicted octanol–water partition coefficient (Wildman–Crippen LogP) is 4.89. The van der Waals surface area contributed by atoms with E-state index in [9.17, 15) is 18.0 Å². The summed E-state index contributed by atoms with van der Waals surface area (Å²) >= 11 is 0. The standard InChI is InChI=1S/C13H23F3O/c1-3-5-6-7-8-9-10-12(4-2,11-17)13(14,15)16/h11H,3-10H2,1-2H3. The van der Waals surface area contributed by atoms with Crippen LogP contribution >= 0.6 is 0 Å². The van der Waals surface area contributed by atoms with Gasteiger partial charge in [-0.15, -0.1) is 0 Å². The Morgan fingerprint density at radius 2 is 1.47 bits per heavy atom. The molecule has 102 valence electrons. The zero-order chi connectivity index (χ0) is 13.4. The first-order valence-corrected chi connectivity index (χ1v) is 6.46. The van der Waals surface area contributed by atoms with Gasteiger partial charge in [0.15, 0.2) is 0 Å². The lowest BCUT2D eigenvalue weighted by atomic mass is 9.80. The molecule has 0 aliphatic heterocycles. The van der Waals surface area contributed by atoms with E-state index in [-0.39, 0.29) is 19.1 Å². The summed E-state index contributed by atoms with van der Waals surface area (Å²) in [6.07, 6.45) is 1.01. The van der Waals surface area contributed by atoms with Crippen molar-refractivity contribution in [3.05, 3.63) is 0 Å². The molecular formula is C13H23F3O. The second-order valence-corrected chi connectivity index (χ2v) is 4.64. The lowest BCUT2D eigenvalue weighted by molar-refractivity contribution is -0.217. The molecule has 0 aromatic rings. The zero-order valence-electron chi connectivity index (χ0n) is 10.8. The van der Waals surface area contributed by atoms with Crippen LogP contribution in [0.1, 0.15) is 65.2 Å². The van der Waals surface area contributed by atoms with Crippen molar-refractivity contribution in [2.75, 3.05) is 0 Å². The smallest absolute Gasteiger partial charge is 0.302 e. The van der Waals surface area contributed by atoms with Gasteiger partial charge in [-0.1, -0.05) is 52.4 Å². The average Bonchev–Trinajstić information content (AvgIpc) is 2.27. The van der Waals surface area contributed by atoms with Gasteiger partial charge in [0, 0.05) is 0 Å². The van der Waals surface area contributed by atoms with Crippen molar-refractivity contribution in [1.82, 2.24) is 0 Å². The molecule has 4 heteroatoms. The number of carbonyl (C=O) groups excluding carboxylic acids is 1. The Balaban J connectivity index is 4.07. The highest BCUT2D eigenvalue weighted by atomic mass is 19.4. The first-order chi connectivity index (χ1) is 7.93. The summed E-state index contributed by atoms with van der Waals surface area (Å²) in [5.41, 5.74) is -2.11. The molecule has 0 saturated heterocycles. The van der Waals surface area contributed by atoms with E-state index >= 15 is 0 Å². The lowest BCUT2D eigenvalue weighted by Crippen LogP contribution is -2.39. The molecule has 0 radical (unpaired) electrons. The van der Waals surface area contributed by atoms with Gasteiger partial charge in [-0.3, -0.25) is 0 Å². The number of aldehydes is 1. The molecule has 0 aliphatic carbocycles. The molecule has 0 amide bonds. The molecule has 1 atom stereocenters. The third-order valence-corrected chi connectivity index (χ3v) is 3.40. The molecular weight excluding hydrogens is 229 g/mol. The summed E-state index contributed by atoms with van der Waals surface area (Å²) in [5.74, 6) is 0. The van der Waals surface area contributed by atoms with Crippen LogP contribution in [0.2, 0.25) is 0 Å². The number of halogens is 3. The molecule has 0 heterocycles. The Morgan fingerprint density at radius 1 is 0.941 bits per heavy atom. The van der Waals surface area contributed by atoms with Crippen molar-refractivity contribution in [1.29, 1.82) is 0 Å². The maximum atomic E-state index is 12.8. The highest BCUT2D eigenvalue weighted by Gasteiger charge is 2.52. The Labute approximate surface area is 102 Å². The van der Waals surface area contributed by atoms with Crippen molar-refractivity contribution < 1.29 is 18.0 Å². The molecule has 17 heavy (non-hydrogen) atoms. The van der Waals surface area contributed by atoms with Gasteiger partial charge in [-0.05, 0) is 12.8 Å². The number of unbranched alkanes of at least 4 members (excludes halogenated alkanes) is 5. The van der Waals surface area contributed by atoms with Crippen molar-refractivity contribution >= 4 is 6.29 Å². The van der Waals surface area contributed by atoms with Gasteiger partial charge < -0.3 is 4.79 Å². The Morgan fingerprint density at radius 3 is 1.88 bits per heavy atom. The van der Waals surface area contributed by atoms with Gasteiger partial charge in [0.1, 0.15) is 11.7 Å². The fourth-order valence-electron chi connectivity index (χ4n) is 1.95. The van der Waals surface area contributed by atoms with Crippen LogP contribution in [0, 0.1) is 5.41 Å². The molecule has 0 rings (SSSR count). The fourth-order valence-corrected chi connectivity index (χ4v) is 1.95. The largest absolute Gasteiger partial charge is 0.401 e. The van der Waals surface area contributed by atoms with E-state index in [1.54, 1.807) is 0 Å². The van der Waals surface area contributed by atoms with Gasteiger partial charge in [0.05, 0.1) is 0 Å². The van der Waals surface area contributed by atoms with E-state index in [1.165, 1.54) is 6.92 Å². The topological polar surface area (TPSA) is 17.1 Å². The third kappa shape index (κ3) is 5.09. The van der Waals surface area contributed by atoms with Crippen LogP contribution in [0.4, 0.5) is 13.2 Å². The Bertz CT molecular complexity index is 213. The van der Waals surface area contributed by atoms with E-state index < -0.39 is 11.6 Å². The molecule has 0 aliphatic rings. The normalized spacial score (nSPS) is 15.6. The predicted molar refractivity (Wildman–Crippen MR) is 62.8 cm³/mol. The molecule has 0 spiro atoms. The second kappa shape index (κ2) is 7.72. The van der Waals surface area contributed by atoms with E-state index in [1.807, 2.05) is 0 Å². The zero-order valence-corrected chi connectivity index (χ0v) is 10.8. The number of rotatable bonds is 9. The minimum Gasteiger partial charge on any atom is -0.302 e. The van der Waals surface area contributed by atoms with Gasteiger partial charge in [-0.2, -0.15) is 13.2 Å². The van der Waals surface area contributed by atoms with Crippen LogP contribution in [-0.2, 0) is 4.79 Å². The summed E-state index contributed by atoms with van der Waals surface area (Å²) in [6, 6.07) is 0. The molecule has 0 aromatic carbocycles. The molecule has 0 bridgehead atoms. The average molecular weight is 252 g/mol. The minimum atomic E-state index is -4.41. The van der Waals surface area contributed by atoms with Crippen LogP contribution in [0.5, 0.6) is 0 Å². The maximum Gasteiger partial charge on any atom is 0.401 e. The monoisotopic (exact) mass is 252 g/mol. The van der Waals surface area contributed by atoms with Crippen LogP contribution in [0.25, 0.3) is 0 Å². The summed E-state index contributed by atoms with van der Waals surface area (Å²) in [5, 5.41) is 0. The maximum absolute atomic E-state index is 12.8. The van der Waals surface area contributed by atoms with Crippen molar-refractivity contribution in [2.45, 2.75) is 71.4 Å². The molecule has 1 unspecified atom stereocenters. The van der Waals surface area contributed by atoms with E-state index in [4.69, 9.17) is 0 Å². The molecule has 0 aromatic heterocycles. The van der Waals surface area contributed by atoms with E-state index in [2.05, 4.69) is 6.92 Å². The van der Waals surface area contributed by atoms with Crippen molar-refractivity contribution in [2.24, 2.45) is 5.41 Å². The van der Waals surface area contributed by atoms with Crippen LogP contribution < -0.4 is 0 Å². The number of hydrogen-bond acceptors (Lipinski definition) is 1. The van der Waals surface area contributed by atoms with Gasteiger partial charge in [-0.25, -0.2) is 0 Å². The fraction of sp³-hybridized carbons (Fsp3) is 0.923. The number of hydrogen-bond donors (Lipinski definition) is 0. The Hall–Kier alpha value is -0.540. The second-order valence-electron chi connectivity index (χ2n) is 4.64. The Kier molecular flexibility index (Phi) is 7.48. The third-order valence-electron chi connectivity index (χ3n) is 3.40. The first-order valence-electron chi connectivity index (χ1n) is 6.46. The molecule has 0 fully saturated rings. The minimum absolute atomic E-state index is 0.0668. The number of carbonyl (C=O) groups is 1. The quantitative estimate of drug-likeness (QED) is 0.421. The molecule has 0 saturated carbocycles. The van der Waals surface area contributed by atoms with Crippen LogP contribution in [0.15, 0.2) is 0 Å². The van der Waals surface area contributed by atoms with Gasteiger partial charge in [0.25, 0.3) is 0 Å². The highest BCUT2D eigenvalue weighted by Crippen LogP contribution is 2.43. The molecule has 0 N–H and O–H groups in total. The summed E-state index contributed by atoms with van der Waals surface area (Å²) in [6.45, 7) is 3.52. The number of alkyl halides is 3. The first kappa shape index (κ1) is 16.5. The van der Waals surface area contributed by atoms with Crippen LogP contribution in [-0.4, -0.2) is 12.5 Å². The van der Waals surface area contributed by atoms with E-state index in [0.717, 1.165) is 32.1 Å². The van der Waals surface area contributed by atoms with Crippen LogP contribution in [0.3, 0.4) is 0 Å². The summed E-state index contributed by atoms with van der Waals surface area (Å²) < 4.78 is 38.3. The van der Waals surface area contributed by atoms with Crippen molar-refractivity contribution in [3.63, 3.8) is 0 Å². The molecule has 1 nitrogen and oxygen atoms in total. The summed E-state index contributed by atoms with van der Waals surface area (Å²) in [7, 11) is 0. The SMILES string of the molecule is CCCCCCCCC(C=O)(CC)C(F)(F)F. The van der Waals surface area contributed by atoms with Gasteiger partial charge in [0.2, 0.25) is 0 Å². The van der Waals surface area contributed by atoms with Gasteiger partial charge >= 0.3 is 6.18 Å². The van der Waals surface area contributed by atoms with E-state index in [0.29, 0.717) is 6.42 Å². The van der Waals surface area contributed by atoms with Crippen molar-refractivity contribution in [3.8, 4) is 0 Å².